The van der Waals surface area contributed by atoms with Crippen molar-refractivity contribution in [3.05, 3.63) is 36.0 Å². The number of pyridine rings is 1. The maximum absolute atomic E-state index is 11.3. The standard InChI is InChI=1S/C15H16N2O3/c1-10-9-20-7-6-17(10)14-12-5-3-2-4-11(12)8-13(16-14)15(18)19/h2-5,8,10H,6-7,9H2,1H3,(H,18,19). The Hall–Kier alpha value is -2.14. The van der Waals surface area contributed by atoms with Crippen LogP contribution in [0.25, 0.3) is 10.8 Å². The van der Waals surface area contributed by atoms with Crippen LogP contribution in [-0.4, -0.2) is 41.9 Å². The highest BCUT2D eigenvalue weighted by atomic mass is 16.5. The number of carboxylic acids is 1. The van der Waals surface area contributed by atoms with Gasteiger partial charge >= 0.3 is 5.97 Å². The molecule has 2 heterocycles. The molecular weight excluding hydrogens is 256 g/mol. The third kappa shape index (κ3) is 2.20. The third-order valence-corrected chi connectivity index (χ3v) is 3.58. The average Bonchev–Trinajstić information content (AvgIpc) is 2.46. The molecule has 1 aliphatic rings. The molecule has 104 valence electrons. The molecule has 5 heteroatoms. The number of hydrogen-bond acceptors (Lipinski definition) is 4. The molecule has 1 N–H and O–H groups in total. The third-order valence-electron chi connectivity index (χ3n) is 3.58. The van der Waals surface area contributed by atoms with Crippen molar-refractivity contribution in [2.75, 3.05) is 24.7 Å². The van der Waals surface area contributed by atoms with Crippen LogP contribution in [0.4, 0.5) is 5.82 Å². The number of ether oxygens (including phenoxy) is 1. The summed E-state index contributed by atoms with van der Waals surface area (Å²) in [5.41, 5.74) is 0.0809. The van der Waals surface area contributed by atoms with Crippen LogP contribution in [0.1, 0.15) is 17.4 Å². The summed E-state index contributed by atoms with van der Waals surface area (Å²) in [5.74, 6) is -0.269. The van der Waals surface area contributed by atoms with Gasteiger partial charge in [-0.1, -0.05) is 24.3 Å². The van der Waals surface area contributed by atoms with Crippen molar-refractivity contribution in [2.24, 2.45) is 0 Å². The normalized spacial score (nSPS) is 19.2. The Morgan fingerprint density at radius 3 is 3.00 bits per heavy atom. The van der Waals surface area contributed by atoms with Crippen LogP contribution in [0.5, 0.6) is 0 Å². The monoisotopic (exact) mass is 272 g/mol. The number of aromatic nitrogens is 1. The summed E-state index contributed by atoms with van der Waals surface area (Å²) in [4.78, 5) is 17.7. The van der Waals surface area contributed by atoms with Gasteiger partial charge in [-0.25, -0.2) is 9.78 Å². The van der Waals surface area contributed by atoms with Gasteiger partial charge in [0, 0.05) is 11.9 Å². The van der Waals surface area contributed by atoms with E-state index >= 15 is 0 Å². The summed E-state index contributed by atoms with van der Waals surface area (Å²) in [6.07, 6.45) is 0. The maximum Gasteiger partial charge on any atom is 0.354 e. The van der Waals surface area contributed by atoms with Gasteiger partial charge in [0.25, 0.3) is 0 Å². The fraction of sp³-hybridized carbons (Fsp3) is 0.333. The van der Waals surface area contributed by atoms with Crippen LogP contribution >= 0.6 is 0 Å². The van der Waals surface area contributed by atoms with Gasteiger partial charge in [0.2, 0.25) is 0 Å². The first kappa shape index (κ1) is 12.9. The van der Waals surface area contributed by atoms with E-state index in [0.717, 1.165) is 23.1 Å². The smallest absolute Gasteiger partial charge is 0.354 e. The number of anilines is 1. The number of benzene rings is 1. The molecule has 1 aromatic carbocycles. The molecule has 1 atom stereocenters. The number of carboxylic acid groups (broad SMARTS) is 1. The minimum absolute atomic E-state index is 0.0809. The van der Waals surface area contributed by atoms with Gasteiger partial charge in [-0.3, -0.25) is 0 Å². The molecule has 0 bridgehead atoms. The Morgan fingerprint density at radius 1 is 1.45 bits per heavy atom. The molecule has 5 nitrogen and oxygen atoms in total. The molecule has 0 radical (unpaired) electrons. The molecule has 0 spiro atoms. The molecule has 0 aliphatic carbocycles. The minimum atomic E-state index is -1.00. The van der Waals surface area contributed by atoms with Crippen LogP contribution in [0.2, 0.25) is 0 Å². The molecule has 1 saturated heterocycles. The second-order valence-electron chi connectivity index (χ2n) is 4.97. The summed E-state index contributed by atoms with van der Waals surface area (Å²) in [6, 6.07) is 9.54. The van der Waals surface area contributed by atoms with E-state index in [1.54, 1.807) is 6.07 Å². The largest absolute Gasteiger partial charge is 0.477 e. The van der Waals surface area contributed by atoms with Crippen molar-refractivity contribution in [2.45, 2.75) is 13.0 Å². The summed E-state index contributed by atoms with van der Waals surface area (Å²) < 4.78 is 5.44. The Bertz CT molecular complexity index is 657. The highest BCUT2D eigenvalue weighted by Crippen LogP contribution is 2.28. The van der Waals surface area contributed by atoms with Crippen LogP contribution < -0.4 is 4.90 Å². The zero-order valence-corrected chi connectivity index (χ0v) is 11.2. The molecule has 1 unspecified atom stereocenters. The molecular formula is C15H16N2O3. The molecule has 0 amide bonds. The second-order valence-corrected chi connectivity index (χ2v) is 4.97. The van der Waals surface area contributed by atoms with E-state index in [0.29, 0.717) is 13.2 Å². The fourth-order valence-corrected chi connectivity index (χ4v) is 2.55. The number of carbonyl (C=O) groups is 1. The average molecular weight is 272 g/mol. The van der Waals surface area contributed by atoms with Crippen LogP contribution in [0.15, 0.2) is 30.3 Å². The number of rotatable bonds is 2. The first-order chi connectivity index (χ1) is 9.66. The lowest BCUT2D eigenvalue weighted by molar-refractivity contribution is 0.0690. The number of fused-ring (bicyclic) bond motifs is 1. The van der Waals surface area contributed by atoms with Gasteiger partial charge in [-0.15, -0.1) is 0 Å². The Balaban J connectivity index is 2.18. The highest BCUT2D eigenvalue weighted by Gasteiger charge is 2.23. The first-order valence-electron chi connectivity index (χ1n) is 6.64. The van der Waals surface area contributed by atoms with Crippen molar-refractivity contribution in [1.82, 2.24) is 4.98 Å². The minimum Gasteiger partial charge on any atom is -0.477 e. The van der Waals surface area contributed by atoms with E-state index in [-0.39, 0.29) is 11.7 Å². The van der Waals surface area contributed by atoms with Crippen molar-refractivity contribution < 1.29 is 14.6 Å². The lowest BCUT2D eigenvalue weighted by Gasteiger charge is -2.35. The molecule has 2 aromatic rings. The zero-order chi connectivity index (χ0) is 14.1. The van der Waals surface area contributed by atoms with Gasteiger partial charge in [0.15, 0.2) is 5.69 Å². The van der Waals surface area contributed by atoms with Crippen LogP contribution in [0.3, 0.4) is 0 Å². The summed E-state index contributed by atoms with van der Waals surface area (Å²) in [7, 11) is 0. The zero-order valence-electron chi connectivity index (χ0n) is 11.2. The van der Waals surface area contributed by atoms with Crippen LogP contribution in [0, 0.1) is 0 Å². The Kier molecular flexibility index (Phi) is 3.28. The lowest BCUT2D eigenvalue weighted by Crippen LogP contribution is -2.44. The number of nitrogens with zero attached hydrogens (tertiary/aromatic N) is 2. The summed E-state index contributed by atoms with van der Waals surface area (Å²) in [5, 5.41) is 11.1. The Labute approximate surface area is 116 Å². The van der Waals surface area contributed by atoms with Gasteiger partial charge in [0.1, 0.15) is 5.82 Å². The van der Waals surface area contributed by atoms with Gasteiger partial charge in [-0.2, -0.15) is 0 Å². The highest BCUT2D eigenvalue weighted by molar-refractivity contribution is 5.98. The molecule has 1 aliphatic heterocycles. The van der Waals surface area contributed by atoms with Crippen molar-refractivity contribution in [1.29, 1.82) is 0 Å². The molecule has 1 fully saturated rings. The fourth-order valence-electron chi connectivity index (χ4n) is 2.55. The van der Waals surface area contributed by atoms with E-state index in [1.165, 1.54) is 0 Å². The predicted molar refractivity (Wildman–Crippen MR) is 76.3 cm³/mol. The molecule has 1 aromatic heterocycles. The van der Waals surface area contributed by atoms with Gasteiger partial charge in [0.05, 0.1) is 19.3 Å². The van der Waals surface area contributed by atoms with E-state index in [4.69, 9.17) is 4.74 Å². The molecule has 20 heavy (non-hydrogen) atoms. The summed E-state index contributed by atoms with van der Waals surface area (Å²) >= 11 is 0. The second kappa shape index (κ2) is 5.09. The first-order valence-corrected chi connectivity index (χ1v) is 6.64. The molecule has 0 saturated carbocycles. The SMILES string of the molecule is CC1COCCN1c1nc(C(=O)O)cc2ccccc12. The van der Waals surface area contributed by atoms with Crippen molar-refractivity contribution in [3.63, 3.8) is 0 Å². The number of morpholine rings is 1. The molecule has 3 rings (SSSR count). The predicted octanol–water partition coefficient (Wildman–Crippen LogP) is 2.16. The van der Waals surface area contributed by atoms with E-state index in [2.05, 4.69) is 16.8 Å². The maximum atomic E-state index is 11.3. The van der Waals surface area contributed by atoms with Crippen molar-refractivity contribution in [3.8, 4) is 0 Å². The van der Waals surface area contributed by atoms with Crippen molar-refractivity contribution >= 4 is 22.6 Å². The van der Waals surface area contributed by atoms with Crippen LogP contribution in [-0.2, 0) is 4.74 Å². The Morgan fingerprint density at radius 2 is 2.25 bits per heavy atom. The van der Waals surface area contributed by atoms with E-state index < -0.39 is 5.97 Å². The topological polar surface area (TPSA) is 62.7 Å². The quantitative estimate of drug-likeness (QED) is 0.907. The van der Waals surface area contributed by atoms with E-state index in [9.17, 15) is 9.90 Å². The van der Waals surface area contributed by atoms with Gasteiger partial charge < -0.3 is 14.7 Å². The number of hydrogen-bond donors (Lipinski definition) is 1. The van der Waals surface area contributed by atoms with Gasteiger partial charge in [-0.05, 0) is 18.4 Å². The lowest BCUT2D eigenvalue weighted by atomic mass is 10.1. The van der Waals surface area contributed by atoms with E-state index in [1.807, 2.05) is 24.3 Å². The number of aromatic carboxylic acids is 1. The summed E-state index contributed by atoms with van der Waals surface area (Å²) in [6.45, 7) is 4.05.